The first kappa shape index (κ1) is 20.5. The lowest BCUT2D eigenvalue weighted by Crippen LogP contribution is -2.58. The van der Waals surface area contributed by atoms with Crippen molar-refractivity contribution in [2.45, 2.75) is 56.8 Å². The molecule has 1 aromatic carbocycles. The predicted octanol–water partition coefficient (Wildman–Crippen LogP) is 1.61. The number of hydrogen-bond donors (Lipinski definition) is 2. The Morgan fingerprint density at radius 2 is 2.03 bits per heavy atom. The third-order valence-electron chi connectivity index (χ3n) is 7.33. The van der Waals surface area contributed by atoms with Gasteiger partial charge in [0.25, 0.3) is 0 Å². The van der Waals surface area contributed by atoms with Gasteiger partial charge in [-0.1, -0.05) is 18.2 Å². The molecule has 7 heteroatoms. The Hall–Kier alpha value is -2.38. The maximum absolute atomic E-state index is 12.5. The summed E-state index contributed by atoms with van der Waals surface area (Å²) in [6.07, 6.45) is 6.68. The number of likely N-dealkylation sites (tertiary alicyclic amines) is 1. The molecule has 0 saturated carbocycles. The zero-order valence-electron chi connectivity index (χ0n) is 18.3. The van der Waals surface area contributed by atoms with E-state index >= 15 is 0 Å². The third-order valence-corrected chi connectivity index (χ3v) is 7.33. The van der Waals surface area contributed by atoms with E-state index in [1.54, 1.807) is 0 Å². The minimum Gasteiger partial charge on any atom is -0.353 e. The molecular formula is C24H33N5O2. The van der Waals surface area contributed by atoms with Crippen LogP contribution in [0.1, 0.15) is 37.7 Å². The van der Waals surface area contributed by atoms with E-state index in [1.165, 1.54) is 16.5 Å². The molecule has 0 spiro atoms. The lowest BCUT2D eigenvalue weighted by Gasteiger charge is -2.37. The van der Waals surface area contributed by atoms with Gasteiger partial charge >= 0.3 is 0 Å². The average Bonchev–Trinajstić information content (AvgIpc) is 3.52. The van der Waals surface area contributed by atoms with Crippen LogP contribution < -0.4 is 10.6 Å². The number of carbonyl (C=O) groups is 2. The second-order valence-electron chi connectivity index (χ2n) is 9.33. The molecule has 3 aliphatic rings. The van der Waals surface area contributed by atoms with Crippen LogP contribution in [-0.4, -0.2) is 70.5 Å². The average molecular weight is 424 g/mol. The Morgan fingerprint density at radius 3 is 2.87 bits per heavy atom. The van der Waals surface area contributed by atoms with Crippen molar-refractivity contribution in [3.05, 3.63) is 36.0 Å². The van der Waals surface area contributed by atoms with Crippen molar-refractivity contribution in [3.63, 3.8) is 0 Å². The molecule has 4 heterocycles. The van der Waals surface area contributed by atoms with E-state index in [0.29, 0.717) is 13.0 Å². The van der Waals surface area contributed by atoms with E-state index in [9.17, 15) is 9.59 Å². The lowest BCUT2D eigenvalue weighted by atomic mass is 10.0. The summed E-state index contributed by atoms with van der Waals surface area (Å²) < 4.78 is 2.17. The number of aromatic nitrogens is 1. The molecule has 2 amide bonds. The molecule has 0 radical (unpaired) electrons. The number of hydrogen-bond acceptors (Lipinski definition) is 4. The molecule has 2 aromatic rings. The predicted molar refractivity (Wildman–Crippen MR) is 121 cm³/mol. The van der Waals surface area contributed by atoms with Crippen LogP contribution in [0.25, 0.3) is 10.9 Å². The Morgan fingerprint density at radius 1 is 1.23 bits per heavy atom. The van der Waals surface area contributed by atoms with Crippen molar-refractivity contribution in [2.75, 3.05) is 26.2 Å². The van der Waals surface area contributed by atoms with Crippen LogP contribution in [0.3, 0.4) is 0 Å². The number of amides is 2. The summed E-state index contributed by atoms with van der Waals surface area (Å²) in [5, 5.41) is 8.06. The fraction of sp³-hybridized carbons (Fsp3) is 0.583. The second-order valence-corrected chi connectivity index (χ2v) is 9.33. The van der Waals surface area contributed by atoms with Crippen LogP contribution in [0.15, 0.2) is 30.5 Å². The Labute approximate surface area is 183 Å². The van der Waals surface area contributed by atoms with Gasteiger partial charge in [0.05, 0.1) is 6.04 Å². The van der Waals surface area contributed by atoms with Crippen LogP contribution in [0.4, 0.5) is 0 Å². The van der Waals surface area contributed by atoms with E-state index in [2.05, 4.69) is 57.6 Å². The summed E-state index contributed by atoms with van der Waals surface area (Å²) in [6, 6.07) is 8.92. The smallest absolute Gasteiger partial charge is 0.237 e. The molecule has 0 aliphatic carbocycles. The molecule has 3 saturated heterocycles. The molecule has 1 aromatic heterocycles. The zero-order chi connectivity index (χ0) is 21.4. The summed E-state index contributed by atoms with van der Waals surface area (Å²) in [6.45, 7) is 4.13. The van der Waals surface area contributed by atoms with Gasteiger partial charge in [-0.05, 0) is 37.3 Å². The van der Waals surface area contributed by atoms with Crippen molar-refractivity contribution in [2.24, 2.45) is 7.05 Å². The Kier molecular flexibility index (Phi) is 5.71. The van der Waals surface area contributed by atoms with E-state index in [0.717, 1.165) is 51.9 Å². The fourth-order valence-corrected chi connectivity index (χ4v) is 5.63. The molecule has 31 heavy (non-hydrogen) atoms. The summed E-state index contributed by atoms with van der Waals surface area (Å²) in [4.78, 5) is 29.3. The normalized spacial score (nSPS) is 26.4. The Balaban J connectivity index is 1.20. The van der Waals surface area contributed by atoms with Crippen LogP contribution in [0.2, 0.25) is 0 Å². The second kappa shape index (κ2) is 8.63. The maximum atomic E-state index is 12.5. The van der Waals surface area contributed by atoms with E-state index in [-0.39, 0.29) is 29.9 Å². The van der Waals surface area contributed by atoms with Crippen molar-refractivity contribution in [1.29, 1.82) is 0 Å². The van der Waals surface area contributed by atoms with Crippen molar-refractivity contribution < 1.29 is 9.59 Å². The molecule has 3 atom stereocenters. The van der Waals surface area contributed by atoms with E-state index in [1.807, 2.05) is 4.90 Å². The molecule has 166 valence electrons. The van der Waals surface area contributed by atoms with Crippen LogP contribution in [0.5, 0.6) is 0 Å². The number of benzene rings is 1. The summed E-state index contributed by atoms with van der Waals surface area (Å²) >= 11 is 0. The fourth-order valence-electron chi connectivity index (χ4n) is 5.63. The molecule has 0 bridgehead atoms. The van der Waals surface area contributed by atoms with Crippen molar-refractivity contribution in [3.8, 4) is 0 Å². The molecule has 3 fully saturated rings. The minimum atomic E-state index is -0.0781. The number of carbonyl (C=O) groups excluding carboxylic acids is 2. The number of nitrogens with zero attached hydrogens (tertiary/aromatic N) is 3. The number of rotatable bonds is 6. The Bertz CT molecular complexity index is 964. The highest BCUT2D eigenvalue weighted by Gasteiger charge is 2.43. The number of aryl methyl sites for hydroxylation is 1. The van der Waals surface area contributed by atoms with Gasteiger partial charge in [0, 0.05) is 75.4 Å². The third kappa shape index (κ3) is 4.08. The van der Waals surface area contributed by atoms with Gasteiger partial charge in [0.1, 0.15) is 0 Å². The van der Waals surface area contributed by atoms with Crippen LogP contribution in [0, 0.1) is 0 Å². The summed E-state index contributed by atoms with van der Waals surface area (Å²) in [5.74, 6) is 0.410. The summed E-state index contributed by atoms with van der Waals surface area (Å²) in [7, 11) is 2.08. The standard InChI is InChI=1S/C24H33N5O2/c1-27-15-17(20-6-2-3-7-21(20)27)13-25-18-12-22-24(31)26-14-19(29(22)16-18)8-9-23(30)28-10-4-5-11-28/h2-3,6-7,15,18-19,22,25H,4-5,8-14,16H2,1H3,(H,26,31). The van der Waals surface area contributed by atoms with Crippen molar-refractivity contribution in [1.82, 2.24) is 25.0 Å². The topological polar surface area (TPSA) is 69.6 Å². The van der Waals surface area contributed by atoms with E-state index in [4.69, 9.17) is 0 Å². The molecular weight excluding hydrogens is 390 g/mol. The monoisotopic (exact) mass is 423 g/mol. The largest absolute Gasteiger partial charge is 0.353 e. The highest BCUT2D eigenvalue weighted by Crippen LogP contribution is 2.27. The highest BCUT2D eigenvalue weighted by atomic mass is 16.2. The van der Waals surface area contributed by atoms with Gasteiger partial charge in [0.2, 0.25) is 11.8 Å². The first-order valence-electron chi connectivity index (χ1n) is 11.7. The lowest BCUT2D eigenvalue weighted by molar-refractivity contribution is -0.131. The van der Waals surface area contributed by atoms with Gasteiger partial charge in [-0.3, -0.25) is 14.5 Å². The van der Waals surface area contributed by atoms with Crippen LogP contribution in [-0.2, 0) is 23.2 Å². The number of para-hydroxylation sites is 1. The molecule has 3 unspecified atom stereocenters. The minimum absolute atomic E-state index is 0.0781. The molecule has 5 rings (SSSR count). The van der Waals surface area contributed by atoms with Gasteiger partial charge in [-0.15, -0.1) is 0 Å². The first-order chi connectivity index (χ1) is 15.1. The molecule has 2 N–H and O–H groups in total. The maximum Gasteiger partial charge on any atom is 0.237 e. The quantitative estimate of drug-likeness (QED) is 0.741. The molecule has 3 aliphatic heterocycles. The zero-order valence-corrected chi connectivity index (χ0v) is 18.3. The van der Waals surface area contributed by atoms with Gasteiger partial charge in [0.15, 0.2) is 0 Å². The number of nitrogens with one attached hydrogen (secondary N) is 2. The van der Waals surface area contributed by atoms with Crippen LogP contribution >= 0.6 is 0 Å². The first-order valence-corrected chi connectivity index (χ1v) is 11.7. The van der Waals surface area contributed by atoms with Gasteiger partial charge in [-0.2, -0.15) is 0 Å². The highest BCUT2D eigenvalue weighted by molar-refractivity contribution is 5.84. The SMILES string of the molecule is Cn1cc(CNC2CC3C(=O)NCC(CCC(=O)N4CCCC4)N3C2)c2ccccc21. The number of fused-ring (bicyclic) bond motifs is 2. The molecule has 7 nitrogen and oxygen atoms in total. The number of piperazine rings is 1. The van der Waals surface area contributed by atoms with Crippen molar-refractivity contribution >= 4 is 22.7 Å². The van der Waals surface area contributed by atoms with Gasteiger partial charge in [-0.25, -0.2) is 0 Å². The van der Waals surface area contributed by atoms with Gasteiger partial charge < -0.3 is 20.1 Å². The summed E-state index contributed by atoms with van der Waals surface area (Å²) in [5.41, 5.74) is 2.53. The van der Waals surface area contributed by atoms with E-state index < -0.39 is 0 Å².